The average Bonchev–Trinajstić information content (AvgIpc) is 2.34. The Morgan fingerprint density at radius 2 is 2.10 bits per heavy atom. The van der Waals surface area contributed by atoms with E-state index in [1.165, 1.54) is 4.90 Å². The predicted octanol–water partition coefficient (Wildman–Crippen LogP) is 1.20. The van der Waals surface area contributed by atoms with E-state index in [0.29, 0.717) is 19.5 Å². The van der Waals surface area contributed by atoms with Crippen LogP contribution in [-0.4, -0.2) is 61.7 Å². The van der Waals surface area contributed by atoms with Crippen molar-refractivity contribution >= 4 is 27.5 Å². The summed E-state index contributed by atoms with van der Waals surface area (Å²) < 4.78 is 29.8. The van der Waals surface area contributed by atoms with E-state index < -0.39 is 26.9 Å². The van der Waals surface area contributed by atoms with Gasteiger partial charge in [-0.05, 0) is 27.2 Å². The van der Waals surface area contributed by atoms with Gasteiger partial charge >= 0.3 is 6.09 Å². The number of carbonyl (C=O) groups is 1. The molecule has 1 rings (SSSR count). The number of hydrogen-bond donors (Lipinski definition) is 1. The van der Waals surface area contributed by atoms with E-state index in [0.717, 1.165) is 0 Å². The molecule has 0 aromatic carbocycles. The van der Waals surface area contributed by atoms with Crippen LogP contribution in [0.5, 0.6) is 0 Å². The number of rotatable bonds is 4. The number of alkyl halides is 1. The SMILES string of the molecule is CC(C)(C)OC(=O)N1CCNCC1S(=O)(=O)CCCCl. The van der Waals surface area contributed by atoms with E-state index in [-0.39, 0.29) is 18.2 Å². The lowest BCUT2D eigenvalue weighted by atomic mass is 10.2. The summed E-state index contributed by atoms with van der Waals surface area (Å²) in [5, 5.41) is 2.12. The zero-order chi connectivity index (χ0) is 15.4. The molecule has 1 aliphatic heterocycles. The Labute approximate surface area is 125 Å². The Morgan fingerprint density at radius 1 is 1.45 bits per heavy atom. The van der Waals surface area contributed by atoms with Crippen LogP contribution in [0.15, 0.2) is 0 Å². The largest absolute Gasteiger partial charge is 0.444 e. The van der Waals surface area contributed by atoms with Crippen molar-refractivity contribution in [1.29, 1.82) is 0 Å². The van der Waals surface area contributed by atoms with Crippen LogP contribution in [0, 0.1) is 0 Å². The highest BCUT2D eigenvalue weighted by atomic mass is 35.5. The molecule has 0 spiro atoms. The standard InChI is InChI=1S/C12H23ClN2O4S/c1-12(2,3)19-11(16)15-7-6-14-9-10(15)20(17,18)8-4-5-13/h10,14H,4-9H2,1-3H3. The summed E-state index contributed by atoms with van der Waals surface area (Å²) in [6.07, 6.45) is -0.207. The number of nitrogens with zero attached hydrogens (tertiary/aromatic N) is 1. The Hall–Kier alpha value is -0.530. The van der Waals surface area contributed by atoms with Gasteiger partial charge < -0.3 is 10.1 Å². The van der Waals surface area contributed by atoms with Crippen molar-refractivity contribution in [2.45, 2.75) is 38.2 Å². The summed E-state index contributed by atoms with van der Waals surface area (Å²) in [5.74, 6) is 0.258. The van der Waals surface area contributed by atoms with Crippen molar-refractivity contribution in [2.24, 2.45) is 0 Å². The molecule has 0 radical (unpaired) electrons. The minimum absolute atomic E-state index is 0.0257. The van der Waals surface area contributed by atoms with Crippen LogP contribution in [0.3, 0.4) is 0 Å². The van der Waals surface area contributed by atoms with Gasteiger partial charge in [0.2, 0.25) is 0 Å². The number of carbonyl (C=O) groups excluding carboxylic acids is 1. The maximum atomic E-state index is 12.3. The molecule has 1 aliphatic rings. The number of ether oxygens (including phenoxy) is 1. The van der Waals surface area contributed by atoms with Gasteiger partial charge in [-0.15, -0.1) is 11.6 Å². The molecule has 0 aliphatic carbocycles. The lowest BCUT2D eigenvalue weighted by Crippen LogP contribution is -2.58. The zero-order valence-electron chi connectivity index (χ0n) is 12.2. The summed E-state index contributed by atoms with van der Waals surface area (Å²) in [5.41, 5.74) is -0.646. The molecule has 1 unspecified atom stereocenters. The van der Waals surface area contributed by atoms with Crippen LogP contribution in [0.1, 0.15) is 27.2 Å². The van der Waals surface area contributed by atoms with Crippen LogP contribution >= 0.6 is 11.6 Å². The molecule has 1 fully saturated rings. The minimum Gasteiger partial charge on any atom is -0.444 e. The highest BCUT2D eigenvalue weighted by Crippen LogP contribution is 2.17. The van der Waals surface area contributed by atoms with E-state index in [1.807, 2.05) is 0 Å². The summed E-state index contributed by atoms with van der Waals surface area (Å²) in [7, 11) is -3.42. The first kappa shape index (κ1) is 17.5. The molecule has 1 N–H and O–H groups in total. The maximum Gasteiger partial charge on any atom is 0.411 e. The molecule has 1 saturated heterocycles. The number of halogens is 1. The molecular weight excluding hydrogens is 304 g/mol. The number of amides is 1. The fraction of sp³-hybridized carbons (Fsp3) is 0.917. The van der Waals surface area contributed by atoms with Crippen molar-refractivity contribution in [3.05, 3.63) is 0 Å². The summed E-state index contributed by atoms with van der Waals surface area (Å²) in [4.78, 5) is 13.4. The Balaban J connectivity index is 2.84. The van der Waals surface area contributed by atoms with Crippen LogP contribution in [-0.2, 0) is 14.6 Å². The van der Waals surface area contributed by atoms with Gasteiger partial charge in [0.25, 0.3) is 0 Å². The first-order valence-electron chi connectivity index (χ1n) is 6.65. The first-order chi connectivity index (χ1) is 9.17. The summed E-state index contributed by atoms with van der Waals surface area (Å²) >= 11 is 5.55. The first-order valence-corrected chi connectivity index (χ1v) is 8.90. The molecule has 0 saturated carbocycles. The van der Waals surface area contributed by atoms with Crippen molar-refractivity contribution in [1.82, 2.24) is 10.2 Å². The monoisotopic (exact) mass is 326 g/mol. The molecule has 118 valence electrons. The number of nitrogens with one attached hydrogen (secondary N) is 1. The summed E-state index contributed by atoms with van der Waals surface area (Å²) in [6, 6.07) is 0. The van der Waals surface area contributed by atoms with E-state index in [9.17, 15) is 13.2 Å². The van der Waals surface area contributed by atoms with Gasteiger partial charge in [-0.25, -0.2) is 13.2 Å². The quantitative estimate of drug-likeness (QED) is 0.786. The molecule has 1 heterocycles. The highest BCUT2D eigenvalue weighted by Gasteiger charge is 2.38. The molecule has 1 atom stereocenters. The predicted molar refractivity (Wildman–Crippen MR) is 78.7 cm³/mol. The van der Waals surface area contributed by atoms with Crippen molar-refractivity contribution in [3.63, 3.8) is 0 Å². The number of sulfone groups is 1. The normalized spacial score (nSPS) is 20.8. The molecule has 0 aromatic heterocycles. The third kappa shape index (κ3) is 5.10. The van der Waals surface area contributed by atoms with Crippen LogP contribution < -0.4 is 5.32 Å². The van der Waals surface area contributed by atoms with E-state index in [2.05, 4.69) is 5.32 Å². The maximum absolute atomic E-state index is 12.3. The Bertz CT molecular complexity index is 433. The Kier molecular flexibility index (Phi) is 6.09. The van der Waals surface area contributed by atoms with Gasteiger partial charge in [0.1, 0.15) is 11.0 Å². The van der Waals surface area contributed by atoms with Crippen LogP contribution in [0.25, 0.3) is 0 Å². The second-order valence-electron chi connectivity index (χ2n) is 5.74. The van der Waals surface area contributed by atoms with E-state index in [4.69, 9.17) is 16.3 Å². The fourth-order valence-corrected chi connectivity index (χ4v) is 3.98. The lowest BCUT2D eigenvalue weighted by molar-refractivity contribution is 0.0193. The smallest absolute Gasteiger partial charge is 0.411 e. The van der Waals surface area contributed by atoms with Gasteiger partial charge in [0, 0.05) is 25.5 Å². The third-order valence-corrected chi connectivity index (χ3v) is 5.18. The Morgan fingerprint density at radius 3 is 2.65 bits per heavy atom. The fourth-order valence-electron chi connectivity index (χ4n) is 1.92. The molecule has 8 heteroatoms. The van der Waals surface area contributed by atoms with Crippen molar-refractivity contribution in [3.8, 4) is 0 Å². The van der Waals surface area contributed by atoms with Gasteiger partial charge in [0.05, 0.1) is 5.75 Å². The second kappa shape index (κ2) is 6.95. The molecule has 0 aromatic rings. The molecule has 0 bridgehead atoms. The van der Waals surface area contributed by atoms with Crippen molar-refractivity contribution < 1.29 is 17.9 Å². The summed E-state index contributed by atoms with van der Waals surface area (Å²) in [6.45, 7) is 6.36. The molecule has 1 amide bonds. The van der Waals surface area contributed by atoms with Crippen LogP contribution in [0.4, 0.5) is 4.79 Å². The van der Waals surface area contributed by atoms with Gasteiger partial charge in [-0.2, -0.15) is 0 Å². The average molecular weight is 327 g/mol. The topological polar surface area (TPSA) is 75.7 Å². The van der Waals surface area contributed by atoms with E-state index >= 15 is 0 Å². The van der Waals surface area contributed by atoms with Gasteiger partial charge in [-0.1, -0.05) is 0 Å². The second-order valence-corrected chi connectivity index (χ2v) is 8.40. The minimum atomic E-state index is -3.42. The number of hydrogen-bond acceptors (Lipinski definition) is 5. The van der Waals surface area contributed by atoms with Gasteiger partial charge in [-0.3, -0.25) is 4.90 Å². The van der Waals surface area contributed by atoms with E-state index in [1.54, 1.807) is 20.8 Å². The van der Waals surface area contributed by atoms with Gasteiger partial charge in [0.15, 0.2) is 9.84 Å². The third-order valence-electron chi connectivity index (χ3n) is 2.80. The highest BCUT2D eigenvalue weighted by molar-refractivity contribution is 7.92. The molecular formula is C12H23ClN2O4S. The van der Waals surface area contributed by atoms with Crippen molar-refractivity contribution in [2.75, 3.05) is 31.3 Å². The zero-order valence-corrected chi connectivity index (χ0v) is 13.8. The van der Waals surface area contributed by atoms with Crippen LogP contribution in [0.2, 0.25) is 0 Å². The lowest BCUT2D eigenvalue weighted by Gasteiger charge is -2.36. The molecule has 20 heavy (non-hydrogen) atoms. The number of piperazine rings is 1. The molecule has 6 nitrogen and oxygen atoms in total.